The van der Waals surface area contributed by atoms with Crippen molar-refractivity contribution >= 4 is 33.6 Å². The van der Waals surface area contributed by atoms with E-state index in [2.05, 4.69) is 46.4 Å². The molecular formula is C8H5BrF3N7O. The first-order valence-corrected chi connectivity index (χ1v) is 5.65. The largest absolute Gasteiger partial charge is 0.436 e. The Morgan fingerprint density at radius 2 is 2.10 bits per heavy atom. The van der Waals surface area contributed by atoms with Crippen LogP contribution in [0, 0.1) is 0 Å². The van der Waals surface area contributed by atoms with Gasteiger partial charge in [0.25, 0.3) is 5.91 Å². The van der Waals surface area contributed by atoms with Crippen molar-refractivity contribution in [3.8, 4) is 0 Å². The van der Waals surface area contributed by atoms with Crippen molar-refractivity contribution < 1.29 is 18.0 Å². The van der Waals surface area contributed by atoms with Gasteiger partial charge in [0.05, 0.1) is 0 Å². The first-order chi connectivity index (χ1) is 9.29. The van der Waals surface area contributed by atoms with Crippen LogP contribution < -0.4 is 11.1 Å². The van der Waals surface area contributed by atoms with E-state index in [1.165, 1.54) is 0 Å². The Morgan fingerprint density at radius 1 is 1.40 bits per heavy atom. The summed E-state index contributed by atoms with van der Waals surface area (Å²) in [5.74, 6) is -1.54. The minimum atomic E-state index is -4.74. The zero-order valence-corrected chi connectivity index (χ0v) is 10.9. The number of aromatic nitrogens is 5. The van der Waals surface area contributed by atoms with Crippen molar-refractivity contribution in [1.29, 1.82) is 0 Å². The molecule has 0 radical (unpaired) electrons. The summed E-state index contributed by atoms with van der Waals surface area (Å²) in [7, 11) is 0. The third-order valence-electron chi connectivity index (χ3n) is 2.01. The van der Waals surface area contributed by atoms with Crippen LogP contribution in [0.1, 0.15) is 16.2 Å². The lowest BCUT2D eigenvalue weighted by molar-refractivity contribution is -0.142. The summed E-state index contributed by atoms with van der Waals surface area (Å²) in [6, 6.07) is 0. The summed E-state index contributed by atoms with van der Waals surface area (Å²) in [6.07, 6.45) is -3.60. The molecule has 4 N–H and O–H groups in total. The Labute approximate surface area is 117 Å². The first-order valence-electron chi connectivity index (χ1n) is 4.86. The number of alkyl halides is 3. The highest BCUT2D eigenvalue weighted by atomic mass is 79.9. The van der Waals surface area contributed by atoms with E-state index in [4.69, 9.17) is 5.73 Å². The molecule has 0 spiro atoms. The minimum Gasteiger partial charge on any atom is -0.382 e. The van der Waals surface area contributed by atoms with Crippen LogP contribution in [-0.4, -0.2) is 31.1 Å². The van der Waals surface area contributed by atoms with E-state index in [-0.39, 0.29) is 5.95 Å². The second-order valence-electron chi connectivity index (χ2n) is 3.38. The van der Waals surface area contributed by atoms with E-state index in [1.807, 2.05) is 0 Å². The fraction of sp³-hybridized carbons (Fsp3) is 0.125. The lowest BCUT2D eigenvalue weighted by Crippen LogP contribution is -2.21. The fourth-order valence-electron chi connectivity index (χ4n) is 1.21. The molecule has 8 nitrogen and oxygen atoms in total. The normalized spacial score (nSPS) is 11.4. The maximum absolute atomic E-state index is 12.6. The van der Waals surface area contributed by atoms with Gasteiger partial charge in [-0.25, -0.2) is 15.1 Å². The number of halogens is 4. The highest BCUT2D eigenvalue weighted by Gasteiger charge is 2.37. The number of aromatic amines is 1. The predicted molar refractivity (Wildman–Crippen MR) is 63.5 cm³/mol. The number of nitrogens with two attached hydrogens (primary N) is 1. The van der Waals surface area contributed by atoms with Crippen LogP contribution in [0.4, 0.5) is 24.9 Å². The molecule has 0 aliphatic heterocycles. The van der Waals surface area contributed by atoms with E-state index in [9.17, 15) is 18.0 Å². The Bertz CT molecular complexity index is 642. The molecule has 106 valence electrons. The van der Waals surface area contributed by atoms with E-state index >= 15 is 0 Å². The molecule has 0 aromatic carbocycles. The standard InChI is InChI=1S/C8H5BrF3N7O/c9-4-3(8(10,11)12)17-5(13)2(16-4)6(20)18-7-14-1-15-19-7/h1H,(H2,13,17)(H2,14,15,18,19,20). The zero-order valence-electron chi connectivity index (χ0n) is 9.36. The van der Waals surface area contributed by atoms with Gasteiger partial charge in [0.15, 0.2) is 17.2 Å². The van der Waals surface area contributed by atoms with Crippen molar-refractivity contribution in [2.45, 2.75) is 6.18 Å². The second kappa shape index (κ2) is 5.03. The molecule has 0 aliphatic rings. The molecular weight excluding hydrogens is 347 g/mol. The number of nitrogens with one attached hydrogen (secondary N) is 2. The maximum Gasteiger partial charge on any atom is 0.436 e. The van der Waals surface area contributed by atoms with Gasteiger partial charge in [0.1, 0.15) is 10.9 Å². The fourth-order valence-corrected chi connectivity index (χ4v) is 1.70. The van der Waals surface area contributed by atoms with Gasteiger partial charge in [-0.3, -0.25) is 10.1 Å². The molecule has 2 aromatic rings. The molecule has 2 rings (SSSR count). The summed E-state index contributed by atoms with van der Waals surface area (Å²) in [4.78, 5) is 22.0. The van der Waals surface area contributed by atoms with E-state index < -0.39 is 33.9 Å². The summed E-state index contributed by atoms with van der Waals surface area (Å²) in [6.45, 7) is 0. The number of hydrogen-bond donors (Lipinski definition) is 3. The smallest absolute Gasteiger partial charge is 0.382 e. The molecule has 0 fully saturated rings. The number of carbonyl (C=O) groups is 1. The Kier molecular flexibility index (Phi) is 3.57. The Balaban J connectivity index is 2.34. The van der Waals surface area contributed by atoms with Crippen LogP contribution in [0.25, 0.3) is 0 Å². The van der Waals surface area contributed by atoms with Crippen molar-refractivity contribution in [3.05, 3.63) is 22.3 Å². The van der Waals surface area contributed by atoms with Crippen molar-refractivity contribution in [1.82, 2.24) is 25.1 Å². The molecule has 0 atom stereocenters. The SMILES string of the molecule is Nc1nc(C(F)(F)F)c(Br)nc1C(=O)Nc1ncn[nH]1. The molecule has 0 saturated heterocycles. The van der Waals surface area contributed by atoms with Gasteiger partial charge in [-0.2, -0.15) is 23.3 Å². The highest BCUT2D eigenvalue weighted by Crippen LogP contribution is 2.33. The summed E-state index contributed by atoms with van der Waals surface area (Å²) in [5.41, 5.74) is 3.53. The number of rotatable bonds is 2. The molecule has 0 bridgehead atoms. The number of nitrogen functional groups attached to an aromatic ring is 1. The summed E-state index contributed by atoms with van der Waals surface area (Å²) in [5, 5.41) is 8.02. The quantitative estimate of drug-likeness (QED) is 0.747. The van der Waals surface area contributed by atoms with E-state index in [0.29, 0.717) is 0 Å². The molecule has 0 unspecified atom stereocenters. The van der Waals surface area contributed by atoms with Crippen LogP contribution in [0.2, 0.25) is 0 Å². The van der Waals surface area contributed by atoms with Gasteiger partial charge in [0.2, 0.25) is 5.95 Å². The third kappa shape index (κ3) is 2.84. The lowest BCUT2D eigenvalue weighted by Gasteiger charge is -2.10. The molecule has 2 aromatic heterocycles. The average molecular weight is 352 g/mol. The maximum atomic E-state index is 12.6. The number of H-pyrrole nitrogens is 1. The minimum absolute atomic E-state index is 0.00720. The van der Waals surface area contributed by atoms with Gasteiger partial charge >= 0.3 is 6.18 Å². The molecule has 12 heteroatoms. The Hall–Kier alpha value is -2.24. The van der Waals surface area contributed by atoms with Crippen LogP contribution in [-0.2, 0) is 6.18 Å². The second-order valence-corrected chi connectivity index (χ2v) is 4.13. The van der Waals surface area contributed by atoms with Crippen LogP contribution in [0.5, 0.6) is 0 Å². The van der Waals surface area contributed by atoms with Crippen LogP contribution >= 0.6 is 15.9 Å². The highest BCUT2D eigenvalue weighted by molar-refractivity contribution is 9.10. The third-order valence-corrected chi connectivity index (χ3v) is 2.56. The number of carbonyl (C=O) groups excluding carboxylic acids is 1. The van der Waals surface area contributed by atoms with Crippen molar-refractivity contribution in [3.63, 3.8) is 0 Å². The number of hydrogen-bond acceptors (Lipinski definition) is 6. The summed E-state index contributed by atoms with van der Waals surface area (Å²) < 4.78 is 37.0. The zero-order chi connectivity index (χ0) is 14.9. The van der Waals surface area contributed by atoms with Crippen molar-refractivity contribution in [2.75, 3.05) is 11.1 Å². The van der Waals surface area contributed by atoms with Crippen LogP contribution in [0.3, 0.4) is 0 Å². The van der Waals surface area contributed by atoms with Gasteiger partial charge in [-0.15, -0.1) is 0 Å². The van der Waals surface area contributed by atoms with Gasteiger partial charge < -0.3 is 5.73 Å². The van der Waals surface area contributed by atoms with E-state index in [0.717, 1.165) is 6.33 Å². The average Bonchev–Trinajstić information content (AvgIpc) is 2.82. The first kappa shape index (κ1) is 14.2. The molecule has 0 saturated carbocycles. The topological polar surface area (TPSA) is 122 Å². The molecule has 1 amide bonds. The van der Waals surface area contributed by atoms with Gasteiger partial charge in [0, 0.05) is 0 Å². The lowest BCUT2D eigenvalue weighted by atomic mass is 10.3. The van der Waals surface area contributed by atoms with Crippen molar-refractivity contribution in [2.24, 2.45) is 0 Å². The predicted octanol–water partition coefficient (Wildman–Crippen LogP) is 1.21. The Morgan fingerprint density at radius 3 is 2.65 bits per heavy atom. The molecule has 2 heterocycles. The van der Waals surface area contributed by atoms with Gasteiger partial charge in [-0.1, -0.05) is 0 Å². The van der Waals surface area contributed by atoms with Crippen LogP contribution in [0.15, 0.2) is 10.9 Å². The molecule has 0 aliphatic carbocycles. The monoisotopic (exact) mass is 351 g/mol. The summed E-state index contributed by atoms with van der Waals surface area (Å²) >= 11 is 2.60. The number of anilines is 2. The van der Waals surface area contributed by atoms with Gasteiger partial charge in [-0.05, 0) is 15.9 Å². The molecule has 20 heavy (non-hydrogen) atoms. The van der Waals surface area contributed by atoms with E-state index in [1.54, 1.807) is 0 Å². The number of amides is 1. The number of nitrogens with zero attached hydrogens (tertiary/aromatic N) is 4.